The lowest BCUT2D eigenvalue weighted by Crippen LogP contribution is -2.29. The van der Waals surface area contributed by atoms with Gasteiger partial charge in [-0.1, -0.05) is 59.8 Å². The van der Waals surface area contributed by atoms with Gasteiger partial charge >= 0.3 is 0 Å². The molecule has 2 aromatic carbocycles. The summed E-state index contributed by atoms with van der Waals surface area (Å²) in [4.78, 5) is 12.3. The van der Waals surface area contributed by atoms with Crippen LogP contribution in [0.3, 0.4) is 0 Å². The summed E-state index contributed by atoms with van der Waals surface area (Å²) in [6.07, 6.45) is 0. The Morgan fingerprint density at radius 2 is 1.89 bits per heavy atom. The third kappa shape index (κ3) is 5.10. The predicted molar refractivity (Wildman–Crippen MR) is 107 cm³/mol. The molecule has 140 valence electrons. The fourth-order valence-electron chi connectivity index (χ4n) is 2.55. The van der Waals surface area contributed by atoms with Gasteiger partial charge in [-0.25, -0.2) is 4.68 Å². The molecule has 0 fully saturated rings. The number of carbonyl (C=O) groups is 1. The standard InChI is InChI=1S/C20H22N4O2S/c1-14-9-10-18(15(2)11-14)26-12-19(25)23-24-16(3)21-22-20(24)27-13-17-7-5-4-6-8-17/h4-11H,12-13H2,1-3H3,(H,23,25). The number of nitrogens with zero attached hydrogens (tertiary/aromatic N) is 3. The molecule has 0 atom stereocenters. The lowest BCUT2D eigenvalue weighted by Gasteiger charge is -2.12. The maximum Gasteiger partial charge on any atom is 0.276 e. The molecule has 3 rings (SSSR count). The minimum Gasteiger partial charge on any atom is -0.483 e. The summed E-state index contributed by atoms with van der Waals surface area (Å²) >= 11 is 1.52. The molecule has 0 aliphatic heterocycles. The molecule has 0 aliphatic carbocycles. The first-order valence-corrected chi connectivity index (χ1v) is 9.60. The number of aromatic nitrogens is 3. The van der Waals surface area contributed by atoms with Gasteiger partial charge in [-0.15, -0.1) is 10.2 Å². The van der Waals surface area contributed by atoms with Crippen molar-refractivity contribution in [2.75, 3.05) is 12.0 Å². The first-order chi connectivity index (χ1) is 13.0. The summed E-state index contributed by atoms with van der Waals surface area (Å²) in [6, 6.07) is 15.9. The van der Waals surface area contributed by atoms with Gasteiger partial charge in [0.25, 0.3) is 5.91 Å². The Morgan fingerprint density at radius 3 is 2.63 bits per heavy atom. The third-order valence-corrected chi connectivity index (χ3v) is 4.93. The summed E-state index contributed by atoms with van der Waals surface area (Å²) in [5.41, 5.74) is 6.14. The average molecular weight is 382 g/mol. The molecule has 0 bridgehead atoms. The lowest BCUT2D eigenvalue weighted by molar-refractivity contribution is -0.119. The van der Waals surface area contributed by atoms with Gasteiger partial charge < -0.3 is 4.74 Å². The topological polar surface area (TPSA) is 69.0 Å². The number of ether oxygens (including phenoxy) is 1. The SMILES string of the molecule is Cc1ccc(OCC(=O)Nn2c(C)nnc2SCc2ccccc2)c(C)c1. The van der Waals surface area contributed by atoms with E-state index in [-0.39, 0.29) is 12.5 Å². The molecule has 3 aromatic rings. The van der Waals surface area contributed by atoms with Crippen molar-refractivity contribution in [3.63, 3.8) is 0 Å². The van der Waals surface area contributed by atoms with Crippen LogP contribution in [0.4, 0.5) is 0 Å². The molecule has 0 saturated heterocycles. The number of hydrogen-bond acceptors (Lipinski definition) is 5. The van der Waals surface area contributed by atoms with E-state index in [1.54, 1.807) is 11.6 Å². The van der Waals surface area contributed by atoms with E-state index in [1.165, 1.54) is 17.3 Å². The largest absolute Gasteiger partial charge is 0.483 e. The Morgan fingerprint density at radius 1 is 1.11 bits per heavy atom. The molecule has 1 N–H and O–H groups in total. The molecule has 1 amide bonds. The van der Waals surface area contributed by atoms with Crippen molar-refractivity contribution >= 4 is 17.7 Å². The summed E-state index contributed by atoms with van der Waals surface area (Å²) in [5, 5.41) is 8.84. The number of thioether (sulfide) groups is 1. The molecule has 6 nitrogen and oxygen atoms in total. The highest BCUT2D eigenvalue weighted by Gasteiger charge is 2.13. The van der Waals surface area contributed by atoms with Gasteiger partial charge in [0.05, 0.1) is 0 Å². The van der Waals surface area contributed by atoms with Gasteiger partial charge in [0.1, 0.15) is 11.6 Å². The highest BCUT2D eigenvalue weighted by Crippen LogP contribution is 2.21. The van der Waals surface area contributed by atoms with E-state index in [9.17, 15) is 4.79 Å². The van der Waals surface area contributed by atoms with Crippen molar-refractivity contribution in [1.29, 1.82) is 0 Å². The second-order valence-corrected chi connectivity index (χ2v) is 7.17. The lowest BCUT2D eigenvalue weighted by atomic mass is 10.1. The molecule has 0 aliphatic rings. The summed E-state index contributed by atoms with van der Waals surface area (Å²) in [7, 11) is 0. The summed E-state index contributed by atoms with van der Waals surface area (Å²) in [5.74, 6) is 1.80. The van der Waals surface area contributed by atoms with Crippen molar-refractivity contribution in [2.24, 2.45) is 0 Å². The van der Waals surface area contributed by atoms with Gasteiger partial charge in [0.15, 0.2) is 6.61 Å². The zero-order chi connectivity index (χ0) is 19.2. The summed E-state index contributed by atoms with van der Waals surface area (Å²) < 4.78 is 7.24. The van der Waals surface area contributed by atoms with Crippen molar-refractivity contribution in [3.05, 3.63) is 71.0 Å². The summed E-state index contributed by atoms with van der Waals surface area (Å²) in [6.45, 7) is 5.70. The molecule has 0 spiro atoms. The van der Waals surface area contributed by atoms with Crippen LogP contribution in [-0.2, 0) is 10.5 Å². The van der Waals surface area contributed by atoms with Gasteiger partial charge in [-0.05, 0) is 38.0 Å². The first-order valence-electron chi connectivity index (χ1n) is 8.61. The minimum atomic E-state index is -0.264. The number of nitrogens with one attached hydrogen (secondary N) is 1. The van der Waals surface area contributed by atoms with Crippen LogP contribution in [0.15, 0.2) is 53.7 Å². The fraction of sp³-hybridized carbons (Fsp3) is 0.250. The normalized spacial score (nSPS) is 10.6. The number of benzene rings is 2. The van der Waals surface area contributed by atoms with Crippen LogP contribution in [0, 0.1) is 20.8 Å². The minimum absolute atomic E-state index is 0.0791. The van der Waals surface area contributed by atoms with E-state index in [0.717, 1.165) is 16.9 Å². The first kappa shape index (κ1) is 19.0. The number of carbonyl (C=O) groups excluding carboxylic acids is 1. The van der Waals surface area contributed by atoms with Gasteiger partial charge in [0, 0.05) is 5.75 Å². The zero-order valence-electron chi connectivity index (χ0n) is 15.6. The van der Waals surface area contributed by atoms with E-state index >= 15 is 0 Å². The van der Waals surface area contributed by atoms with Gasteiger partial charge in [-0.2, -0.15) is 0 Å². The van der Waals surface area contributed by atoms with Crippen molar-refractivity contribution in [1.82, 2.24) is 14.9 Å². The van der Waals surface area contributed by atoms with Crippen LogP contribution in [0.2, 0.25) is 0 Å². The van der Waals surface area contributed by atoms with Crippen LogP contribution >= 0.6 is 11.8 Å². The van der Waals surface area contributed by atoms with E-state index in [4.69, 9.17) is 4.74 Å². The second kappa shape index (κ2) is 8.73. The fourth-order valence-corrected chi connectivity index (χ4v) is 3.44. The average Bonchev–Trinajstić information content (AvgIpc) is 3.00. The Bertz CT molecular complexity index is 925. The molecule has 7 heteroatoms. The highest BCUT2D eigenvalue weighted by atomic mass is 32.2. The Balaban J connectivity index is 1.59. The molecule has 0 saturated carbocycles. The molecule has 0 unspecified atom stereocenters. The maximum atomic E-state index is 12.3. The smallest absolute Gasteiger partial charge is 0.276 e. The van der Waals surface area contributed by atoms with E-state index in [2.05, 4.69) is 27.8 Å². The van der Waals surface area contributed by atoms with Crippen LogP contribution in [-0.4, -0.2) is 27.4 Å². The maximum absolute atomic E-state index is 12.3. The Hall–Kier alpha value is -2.80. The highest BCUT2D eigenvalue weighted by molar-refractivity contribution is 7.98. The Labute approximate surface area is 162 Å². The van der Waals surface area contributed by atoms with Crippen molar-refractivity contribution < 1.29 is 9.53 Å². The molecular formula is C20H22N4O2S. The van der Waals surface area contributed by atoms with Crippen LogP contribution in [0.25, 0.3) is 0 Å². The zero-order valence-corrected chi connectivity index (χ0v) is 16.4. The van der Waals surface area contributed by atoms with E-state index in [0.29, 0.717) is 16.7 Å². The quantitative estimate of drug-likeness (QED) is 0.632. The van der Waals surface area contributed by atoms with Gasteiger partial charge in [0.2, 0.25) is 5.16 Å². The number of amides is 1. The molecule has 27 heavy (non-hydrogen) atoms. The van der Waals surface area contributed by atoms with Crippen LogP contribution < -0.4 is 10.2 Å². The molecule has 1 aromatic heterocycles. The van der Waals surface area contributed by atoms with E-state index in [1.807, 2.05) is 50.2 Å². The second-order valence-electron chi connectivity index (χ2n) is 6.23. The number of hydrogen-bond donors (Lipinski definition) is 1. The predicted octanol–water partition coefficient (Wildman–Crippen LogP) is 3.64. The Kier molecular flexibility index (Phi) is 6.13. The van der Waals surface area contributed by atoms with Crippen LogP contribution in [0.1, 0.15) is 22.5 Å². The van der Waals surface area contributed by atoms with Crippen molar-refractivity contribution in [3.8, 4) is 5.75 Å². The van der Waals surface area contributed by atoms with E-state index < -0.39 is 0 Å². The van der Waals surface area contributed by atoms with Crippen molar-refractivity contribution in [2.45, 2.75) is 31.7 Å². The molecule has 1 heterocycles. The monoisotopic (exact) mass is 382 g/mol. The molecular weight excluding hydrogens is 360 g/mol. The number of aryl methyl sites for hydroxylation is 3. The third-order valence-electron chi connectivity index (χ3n) is 3.93. The number of rotatable bonds is 7. The van der Waals surface area contributed by atoms with Gasteiger partial charge in [-0.3, -0.25) is 10.2 Å². The molecule has 0 radical (unpaired) electrons. The van der Waals surface area contributed by atoms with Crippen LogP contribution in [0.5, 0.6) is 5.75 Å².